The first kappa shape index (κ1) is 16.1. The van der Waals surface area contributed by atoms with E-state index >= 15 is 0 Å². The van der Waals surface area contributed by atoms with Gasteiger partial charge in [0, 0.05) is 24.0 Å². The molecule has 1 aromatic heterocycles. The number of nitrogens with zero attached hydrogens (tertiary/aromatic N) is 3. The van der Waals surface area contributed by atoms with E-state index in [0.717, 1.165) is 28.3 Å². The molecular weight excluding hydrogens is 324 g/mol. The molecule has 3 aromatic rings. The molecule has 0 bridgehead atoms. The smallest absolute Gasteiger partial charge is 0.188 e. The zero-order chi connectivity index (χ0) is 18.1. The lowest BCUT2D eigenvalue weighted by Crippen LogP contribution is -2.21. The van der Waals surface area contributed by atoms with Crippen molar-refractivity contribution < 1.29 is 4.74 Å². The van der Waals surface area contributed by atoms with Gasteiger partial charge in [-0.15, -0.1) is 0 Å². The Morgan fingerprint density at radius 3 is 2.65 bits per heavy atom. The summed E-state index contributed by atoms with van der Waals surface area (Å²) < 4.78 is 5.70. The highest BCUT2D eigenvalue weighted by Gasteiger charge is 2.21. The number of ether oxygens (including phenoxy) is 1. The Bertz CT molecular complexity index is 980. The largest absolute Gasteiger partial charge is 0.491 e. The first-order chi connectivity index (χ1) is 12.7. The molecule has 5 nitrogen and oxygen atoms in total. The number of benzene rings is 2. The molecule has 1 aliphatic rings. The second kappa shape index (κ2) is 6.52. The van der Waals surface area contributed by atoms with E-state index in [4.69, 9.17) is 10.5 Å². The average molecular weight is 344 g/mol. The zero-order valence-electron chi connectivity index (χ0n) is 14.8. The van der Waals surface area contributed by atoms with Crippen LogP contribution in [0, 0.1) is 6.92 Å². The second-order valence-corrected chi connectivity index (χ2v) is 6.35. The van der Waals surface area contributed by atoms with E-state index in [1.807, 2.05) is 36.5 Å². The van der Waals surface area contributed by atoms with Crippen molar-refractivity contribution in [3.63, 3.8) is 0 Å². The van der Waals surface area contributed by atoms with Gasteiger partial charge in [-0.2, -0.15) is 0 Å². The molecule has 0 saturated heterocycles. The van der Waals surface area contributed by atoms with E-state index in [0.29, 0.717) is 12.3 Å². The Kier molecular flexibility index (Phi) is 4.05. The number of methoxy groups -OCH3 is 1. The van der Waals surface area contributed by atoms with Gasteiger partial charge >= 0.3 is 0 Å². The van der Waals surface area contributed by atoms with Gasteiger partial charge in [-0.05, 0) is 36.3 Å². The summed E-state index contributed by atoms with van der Waals surface area (Å²) in [6.45, 7) is 2.74. The third-order valence-electron chi connectivity index (χ3n) is 4.53. The van der Waals surface area contributed by atoms with Gasteiger partial charge in [-0.25, -0.2) is 9.97 Å². The van der Waals surface area contributed by atoms with Gasteiger partial charge in [-0.1, -0.05) is 35.9 Å². The Balaban J connectivity index is 1.76. The van der Waals surface area contributed by atoms with Crippen LogP contribution >= 0.6 is 0 Å². The molecule has 0 atom stereocenters. The highest BCUT2D eigenvalue weighted by Crippen LogP contribution is 2.37. The minimum Gasteiger partial charge on any atom is -0.491 e. The number of rotatable bonds is 3. The van der Waals surface area contributed by atoms with E-state index < -0.39 is 0 Å². The quantitative estimate of drug-likeness (QED) is 0.727. The maximum atomic E-state index is 5.94. The molecule has 0 amide bonds. The van der Waals surface area contributed by atoms with Crippen LogP contribution in [0.2, 0.25) is 0 Å². The molecule has 0 aliphatic carbocycles. The van der Waals surface area contributed by atoms with Crippen LogP contribution in [-0.4, -0.2) is 17.1 Å². The molecule has 4 rings (SSSR count). The maximum Gasteiger partial charge on any atom is 0.188 e. The fourth-order valence-electron chi connectivity index (χ4n) is 3.15. The summed E-state index contributed by atoms with van der Waals surface area (Å²) in [6, 6.07) is 14.2. The van der Waals surface area contributed by atoms with E-state index in [1.54, 1.807) is 13.4 Å². The topological polar surface area (TPSA) is 64.3 Å². The predicted octanol–water partition coefficient (Wildman–Crippen LogP) is 4.03. The van der Waals surface area contributed by atoms with Crippen molar-refractivity contribution in [1.82, 2.24) is 9.97 Å². The van der Waals surface area contributed by atoms with Gasteiger partial charge in [0.1, 0.15) is 12.0 Å². The molecular formula is C21H20N4O. The summed E-state index contributed by atoms with van der Waals surface area (Å²) in [5.74, 6) is 1.40. The number of nitrogens with two attached hydrogens (primary N) is 1. The highest BCUT2D eigenvalue weighted by atomic mass is 16.5. The summed E-state index contributed by atoms with van der Waals surface area (Å²) in [4.78, 5) is 11.0. The second-order valence-electron chi connectivity index (χ2n) is 6.35. The highest BCUT2D eigenvalue weighted by molar-refractivity contribution is 5.75. The SMILES string of the molecule is COc1c(-c2ccc(C)cc2)ncnc1N1C=Cc2ccc(N)cc2C1. The van der Waals surface area contributed by atoms with Crippen LogP contribution in [0.3, 0.4) is 0 Å². The number of nitrogen functional groups attached to an aromatic ring is 1. The van der Waals surface area contributed by atoms with Crippen molar-refractivity contribution in [3.05, 3.63) is 71.7 Å². The van der Waals surface area contributed by atoms with Crippen LogP contribution < -0.4 is 15.4 Å². The molecule has 0 fully saturated rings. The van der Waals surface area contributed by atoms with Gasteiger partial charge in [0.05, 0.1) is 7.11 Å². The molecule has 5 heteroatoms. The monoisotopic (exact) mass is 344 g/mol. The molecule has 26 heavy (non-hydrogen) atoms. The predicted molar refractivity (Wildman–Crippen MR) is 105 cm³/mol. The van der Waals surface area contributed by atoms with Crippen LogP contribution in [-0.2, 0) is 6.54 Å². The number of aromatic nitrogens is 2. The molecule has 2 N–H and O–H groups in total. The number of hydrogen-bond donors (Lipinski definition) is 1. The number of anilines is 2. The zero-order valence-corrected chi connectivity index (χ0v) is 14.8. The Morgan fingerprint density at radius 1 is 1.08 bits per heavy atom. The maximum absolute atomic E-state index is 5.94. The van der Waals surface area contributed by atoms with Crippen molar-refractivity contribution in [3.8, 4) is 17.0 Å². The third-order valence-corrected chi connectivity index (χ3v) is 4.53. The molecule has 130 valence electrons. The number of aryl methyl sites for hydroxylation is 1. The van der Waals surface area contributed by atoms with Gasteiger partial charge in [0.2, 0.25) is 0 Å². The Morgan fingerprint density at radius 2 is 1.88 bits per heavy atom. The van der Waals surface area contributed by atoms with Gasteiger partial charge in [0.15, 0.2) is 11.6 Å². The minimum atomic E-state index is 0.661. The molecule has 0 radical (unpaired) electrons. The van der Waals surface area contributed by atoms with Crippen molar-refractivity contribution in [1.29, 1.82) is 0 Å². The molecule has 0 saturated carbocycles. The lowest BCUT2D eigenvalue weighted by Gasteiger charge is -2.26. The summed E-state index contributed by atoms with van der Waals surface area (Å²) in [5.41, 5.74) is 12.0. The molecule has 1 aliphatic heterocycles. The van der Waals surface area contributed by atoms with Gasteiger partial charge < -0.3 is 15.4 Å². The minimum absolute atomic E-state index is 0.661. The van der Waals surface area contributed by atoms with E-state index in [2.05, 4.69) is 40.0 Å². The van der Waals surface area contributed by atoms with E-state index in [-0.39, 0.29) is 0 Å². The number of hydrogen-bond acceptors (Lipinski definition) is 5. The van der Waals surface area contributed by atoms with E-state index in [1.165, 1.54) is 11.1 Å². The Labute approximate surface area is 152 Å². The standard InChI is InChI=1S/C21H20N4O/c1-14-3-5-16(6-4-14)19-20(26-2)21(24-13-23-19)25-10-9-15-7-8-18(22)11-17(15)12-25/h3-11,13H,12,22H2,1-2H3. The number of fused-ring (bicyclic) bond motifs is 1. The molecule has 0 unspecified atom stereocenters. The molecule has 0 spiro atoms. The fraction of sp³-hybridized carbons (Fsp3) is 0.143. The fourth-order valence-corrected chi connectivity index (χ4v) is 3.15. The summed E-state index contributed by atoms with van der Waals surface area (Å²) in [5, 5.41) is 0. The van der Waals surface area contributed by atoms with Crippen LogP contribution in [0.15, 0.2) is 55.0 Å². The normalized spacial score (nSPS) is 12.8. The molecule has 2 heterocycles. The molecule has 2 aromatic carbocycles. The van der Waals surface area contributed by atoms with Crippen molar-refractivity contribution in [2.75, 3.05) is 17.7 Å². The van der Waals surface area contributed by atoms with Gasteiger partial charge in [-0.3, -0.25) is 0 Å². The summed E-state index contributed by atoms with van der Waals surface area (Å²) in [6.07, 6.45) is 5.66. The van der Waals surface area contributed by atoms with Crippen LogP contribution in [0.1, 0.15) is 16.7 Å². The van der Waals surface area contributed by atoms with E-state index in [9.17, 15) is 0 Å². The van der Waals surface area contributed by atoms with Crippen molar-refractivity contribution >= 4 is 17.6 Å². The first-order valence-electron chi connectivity index (χ1n) is 8.45. The van der Waals surface area contributed by atoms with Gasteiger partial charge in [0.25, 0.3) is 0 Å². The first-order valence-corrected chi connectivity index (χ1v) is 8.45. The summed E-state index contributed by atoms with van der Waals surface area (Å²) >= 11 is 0. The van der Waals surface area contributed by atoms with Crippen LogP contribution in [0.4, 0.5) is 11.5 Å². The lowest BCUT2D eigenvalue weighted by atomic mass is 10.0. The van der Waals surface area contributed by atoms with Crippen LogP contribution in [0.25, 0.3) is 17.3 Å². The summed E-state index contributed by atoms with van der Waals surface area (Å²) in [7, 11) is 1.65. The van der Waals surface area contributed by atoms with Crippen LogP contribution in [0.5, 0.6) is 5.75 Å². The lowest BCUT2D eigenvalue weighted by molar-refractivity contribution is 0.413. The van der Waals surface area contributed by atoms with Crippen molar-refractivity contribution in [2.24, 2.45) is 0 Å². The Hall–Kier alpha value is -3.34. The third kappa shape index (κ3) is 2.88. The average Bonchev–Trinajstić information content (AvgIpc) is 2.67. The van der Waals surface area contributed by atoms with Crippen molar-refractivity contribution in [2.45, 2.75) is 13.5 Å².